The number of carbonyl (C=O) groups excluding carboxylic acids is 1. The average Bonchev–Trinajstić information content (AvgIpc) is 2.13. The van der Waals surface area contributed by atoms with Crippen molar-refractivity contribution in [3.05, 3.63) is 0 Å². The van der Waals surface area contributed by atoms with E-state index in [0.717, 1.165) is 11.8 Å². The molecule has 1 amide bonds. The molecule has 0 bridgehead atoms. The number of thioether (sulfide) groups is 1. The molecule has 2 N–H and O–H groups in total. The van der Waals surface area contributed by atoms with Crippen LogP contribution in [-0.2, 0) is 9.59 Å². The summed E-state index contributed by atoms with van der Waals surface area (Å²) in [4.78, 5) is 21.8. The summed E-state index contributed by atoms with van der Waals surface area (Å²) in [6, 6.07) is 0.123. The van der Waals surface area contributed by atoms with E-state index in [1.807, 2.05) is 20.8 Å². The van der Waals surface area contributed by atoms with Gasteiger partial charge < -0.3 is 10.4 Å². The van der Waals surface area contributed by atoms with Crippen molar-refractivity contribution in [2.45, 2.75) is 39.0 Å². The zero-order chi connectivity index (χ0) is 12.0. The van der Waals surface area contributed by atoms with Crippen molar-refractivity contribution in [1.82, 2.24) is 5.32 Å². The molecular weight excluding hydrogens is 214 g/mol. The fourth-order valence-corrected chi connectivity index (χ4v) is 1.36. The highest BCUT2D eigenvalue weighted by molar-refractivity contribution is 8.01. The molecule has 4 nitrogen and oxygen atoms in total. The second-order valence-corrected chi connectivity index (χ2v) is 5.22. The predicted octanol–water partition coefficient (Wildman–Crippen LogP) is 1.35. The quantitative estimate of drug-likeness (QED) is 0.727. The van der Waals surface area contributed by atoms with Crippen molar-refractivity contribution in [1.29, 1.82) is 0 Å². The minimum atomic E-state index is -0.885. The van der Waals surface area contributed by atoms with Gasteiger partial charge in [0.2, 0.25) is 5.91 Å². The number of rotatable bonds is 6. The van der Waals surface area contributed by atoms with Gasteiger partial charge in [-0.2, -0.15) is 0 Å². The molecule has 0 aliphatic carbocycles. The van der Waals surface area contributed by atoms with Gasteiger partial charge in [-0.1, -0.05) is 13.8 Å². The summed E-state index contributed by atoms with van der Waals surface area (Å²) in [6.07, 6.45) is 0. The molecule has 88 valence electrons. The van der Waals surface area contributed by atoms with E-state index in [0.29, 0.717) is 5.92 Å². The SMILES string of the molecule is CC(SCC(=O)NC(C)C(C)C)C(=O)O. The van der Waals surface area contributed by atoms with E-state index in [1.54, 1.807) is 6.92 Å². The van der Waals surface area contributed by atoms with Crippen LogP contribution in [0.1, 0.15) is 27.7 Å². The van der Waals surface area contributed by atoms with E-state index in [1.165, 1.54) is 0 Å². The zero-order valence-electron chi connectivity index (χ0n) is 9.61. The lowest BCUT2D eigenvalue weighted by molar-refractivity contribution is -0.136. The van der Waals surface area contributed by atoms with Crippen LogP contribution in [0, 0.1) is 5.92 Å². The number of nitrogens with one attached hydrogen (secondary N) is 1. The molecule has 0 aliphatic heterocycles. The Morgan fingerprint density at radius 1 is 1.27 bits per heavy atom. The monoisotopic (exact) mass is 233 g/mol. The van der Waals surface area contributed by atoms with Crippen molar-refractivity contribution < 1.29 is 14.7 Å². The van der Waals surface area contributed by atoms with E-state index < -0.39 is 11.2 Å². The standard InChI is InChI=1S/C10H19NO3S/c1-6(2)7(3)11-9(12)5-15-8(4)10(13)14/h6-8H,5H2,1-4H3,(H,11,12)(H,13,14). The maximum atomic E-state index is 11.4. The maximum absolute atomic E-state index is 11.4. The van der Waals surface area contributed by atoms with E-state index in [4.69, 9.17) is 5.11 Å². The Bertz CT molecular complexity index is 231. The number of carboxylic acids is 1. The molecule has 0 fully saturated rings. The van der Waals surface area contributed by atoms with Crippen LogP contribution in [0.4, 0.5) is 0 Å². The Kier molecular flexibility index (Phi) is 6.40. The molecule has 0 heterocycles. The molecule has 5 heteroatoms. The van der Waals surface area contributed by atoms with Crippen molar-refractivity contribution in [2.75, 3.05) is 5.75 Å². The highest BCUT2D eigenvalue weighted by atomic mass is 32.2. The van der Waals surface area contributed by atoms with Gasteiger partial charge >= 0.3 is 5.97 Å². The van der Waals surface area contributed by atoms with Crippen molar-refractivity contribution >= 4 is 23.6 Å². The summed E-state index contributed by atoms with van der Waals surface area (Å²) < 4.78 is 0. The lowest BCUT2D eigenvalue weighted by Crippen LogP contribution is -2.37. The van der Waals surface area contributed by atoms with Gasteiger partial charge in [-0.25, -0.2) is 0 Å². The highest BCUT2D eigenvalue weighted by Crippen LogP contribution is 2.10. The largest absolute Gasteiger partial charge is 0.480 e. The van der Waals surface area contributed by atoms with E-state index in [9.17, 15) is 9.59 Å². The topological polar surface area (TPSA) is 66.4 Å². The minimum absolute atomic E-state index is 0.103. The number of hydrogen-bond donors (Lipinski definition) is 2. The lowest BCUT2D eigenvalue weighted by Gasteiger charge is -2.17. The van der Waals surface area contributed by atoms with Crippen molar-refractivity contribution in [3.8, 4) is 0 Å². The number of carboxylic acid groups (broad SMARTS) is 1. The second-order valence-electron chi connectivity index (χ2n) is 3.89. The van der Waals surface area contributed by atoms with Crippen LogP contribution in [0.25, 0.3) is 0 Å². The predicted molar refractivity (Wildman–Crippen MR) is 62.0 cm³/mol. The summed E-state index contributed by atoms with van der Waals surface area (Å²) in [5.41, 5.74) is 0. The second kappa shape index (κ2) is 6.71. The first-order valence-electron chi connectivity index (χ1n) is 4.98. The fourth-order valence-electron chi connectivity index (χ4n) is 0.734. The summed E-state index contributed by atoms with van der Waals surface area (Å²) in [7, 11) is 0. The lowest BCUT2D eigenvalue weighted by atomic mass is 10.1. The molecule has 0 aromatic carbocycles. The first-order valence-corrected chi connectivity index (χ1v) is 6.03. The summed E-state index contributed by atoms with van der Waals surface area (Å²) in [5, 5.41) is 10.9. The third-order valence-electron chi connectivity index (χ3n) is 2.20. The summed E-state index contributed by atoms with van der Waals surface area (Å²) in [5.74, 6) is -0.403. The van der Waals surface area contributed by atoms with E-state index in [-0.39, 0.29) is 17.7 Å². The molecule has 0 spiro atoms. The van der Waals surface area contributed by atoms with Crippen LogP contribution in [0.15, 0.2) is 0 Å². The first kappa shape index (κ1) is 14.3. The third kappa shape index (κ3) is 6.38. The summed E-state index contributed by atoms with van der Waals surface area (Å²) >= 11 is 1.13. The number of hydrogen-bond acceptors (Lipinski definition) is 3. The molecule has 0 radical (unpaired) electrons. The Balaban J connectivity index is 3.80. The number of carbonyl (C=O) groups is 2. The molecular formula is C10H19NO3S. The normalized spacial score (nSPS) is 14.7. The van der Waals surface area contributed by atoms with Crippen LogP contribution >= 0.6 is 11.8 Å². The smallest absolute Gasteiger partial charge is 0.316 e. The van der Waals surface area contributed by atoms with Gasteiger partial charge in [0.1, 0.15) is 0 Å². The Morgan fingerprint density at radius 2 is 1.80 bits per heavy atom. The van der Waals surface area contributed by atoms with E-state index >= 15 is 0 Å². The van der Waals surface area contributed by atoms with Gasteiger partial charge in [-0.15, -0.1) is 11.8 Å². The zero-order valence-corrected chi connectivity index (χ0v) is 10.4. The minimum Gasteiger partial charge on any atom is -0.480 e. The van der Waals surface area contributed by atoms with Gasteiger partial charge in [-0.3, -0.25) is 9.59 Å². The average molecular weight is 233 g/mol. The first-order chi connectivity index (χ1) is 6.84. The number of aliphatic carboxylic acids is 1. The van der Waals surface area contributed by atoms with Crippen LogP contribution in [0.5, 0.6) is 0 Å². The molecule has 2 atom stereocenters. The van der Waals surface area contributed by atoms with Crippen LogP contribution in [-0.4, -0.2) is 34.0 Å². The van der Waals surface area contributed by atoms with Gasteiger partial charge in [-0.05, 0) is 19.8 Å². The summed E-state index contributed by atoms with van der Waals surface area (Å²) in [6.45, 7) is 7.57. The Morgan fingerprint density at radius 3 is 2.20 bits per heavy atom. The molecule has 0 aromatic heterocycles. The Labute approximate surface area is 94.8 Å². The molecule has 2 unspecified atom stereocenters. The van der Waals surface area contributed by atoms with Crippen LogP contribution < -0.4 is 5.32 Å². The Hall–Kier alpha value is -0.710. The van der Waals surface area contributed by atoms with Gasteiger partial charge in [0, 0.05) is 6.04 Å². The third-order valence-corrected chi connectivity index (χ3v) is 3.33. The van der Waals surface area contributed by atoms with Crippen molar-refractivity contribution in [2.24, 2.45) is 5.92 Å². The van der Waals surface area contributed by atoms with Gasteiger partial charge in [0.25, 0.3) is 0 Å². The fraction of sp³-hybridized carbons (Fsp3) is 0.800. The molecule has 15 heavy (non-hydrogen) atoms. The maximum Gasteiger partial charge on any atom is 0.316 e. The van der Waals surface area contributed by atoms with E-state index in [2.05, 4.69) is 5.32 Å². The molecule has 0 saturated carbocycles. The molecule has 0 aromatic rings. The van der Waals surface area contributed by atoms with Crippen LogP contribution in [0.2, 0.25) is 0 Å². The van der Waals surface area contributed by atoms with Crippen molar-refractivity contribution in [3.63, 3.8) is 0 Å². The molecule has 0 aliphatic rings. The number of amides is 1. The van der Waals surface area contributed by atoms with Crippen LogP contribution in [0.3, 0.4) is 0 Å². The highest BCUT2D eigenvalue weighted by Gasteiger charge is 2.15. The molecule has 0 saturated heterocycles. The van der Waals surface area contributed by atoms with Gasteiger partial charge in [0.15, 0.2) is 0 Å². The van der Waals surface area contributed by atoms with Gasteiger partial charge in [0.05, 0.1) is 11.0 Å². The molecule has 0 rings (SSSR count).